The quantitative estimate of drug-likeness (QED) is 0.282. The molecule has 0 aromatic carbocycles. The van der Waals surface area contributed by atoms with E-state index in [-0.39, 0.29) is 0 Å². The first-order valence-electron chi connectivity index (χ1n) is 8.00. The first-order valence-corrected chi connectivity index (χ1v) is 8.00. The molecule has 0 saturated heterocycles. The van der Waals surface area contributed by atoms with Gasteiger partial charge in [0, 0.05) is 6.08 Å². The molecule has 0 radical (unpaired) electrons. The summed E-state index contributed by atoms with van der Waals surface area (Å²) in [6.07, 6.45) is 29.8. The zero-order valence-electron chi connectivity index (χ0n) is 13.5. The van der Waals surface area contributed by atoms with Crippen LogP contribution in [0.1, 0.15) is 45.4 Å². The predicted molar refractivity (Wildman–Crippen MR) is 95.9 cm³/mol. The van der Waals surface area contributed by atoms with Crippen molar-refractivity contribution >= 4 is 5.97 Å². The van der Waals surface area contributed by atoms with Crippen LogP contribution in [0.15, 0.2) is 72.9 Å². The lowest BCUT2D eigenvalue weighted by Gasteiger charge is -1.95. The van der Waals surface area contributed by atoms with Crippen LogP contribution >= 0.6 is 0 Å². The van der Waals surface area contributed by atoms with Gasteiger partial charge in [0.25, 0.3) is 0 Å². The molecule has 22 heavy (non-hydrogen) atoms. The summed E-state index contributed by atoms with van der Waals surface area (Å²) in [6.45, 7) is 2.24. The van der Waals surface area contributed by atoms with Crippen molar-refractivity contribution in [1.29, 1.82) is 0 Å². The number of carbonyl (C=O) groups is 1. The molecule has 0 unspecified atom stereocenters. The average molecular weight is 300 g/mol. The third kappa shape index (κ3) is 17.9. The Hall–Kier alpha value is -2.09. The highest BCUT2D eigenvalue weighted by molar-refractivity contribution is 5.80. The van der Waals surface area contributed by atoms with Gasteiger partial charge in [-0.15, -0.1) is 0 Å². The first-order chi connectivity index (χ1) is 10.8. The molecule has 0 atom stereocenters. The SMILES string of the molecule is CCCCCCCC=CC=CC=CC=CC=CC=CC(=O)O. The van der Waals surface area contributed by atoms with E-state index in [4.69, 9.17) is 5.11 Å². The summed E-state index contributed by atoms with van der Waals surface area (Å²) in [5.74, 6) is -0.937. The number of rotatable bonds is 12. The van der Waals surface area contributed by atoms with Gasteiger partial charge in [-0.1, -0.05) is 99.4 Å². The molecule has 0 saturated carbocycles. The number of unbranched alkanes of at least 4 members (excludes halogenated alkanes) is 5. The first kappa shape index (κ1) is 19.9. The standard InChI is InChI=1S/C20H28O2/c1-2-3-4-5-6-7-8-9-10-11-12-13-14-15-16-17-18-19-20(21)22/h8-19H,2-7H2,1H3,(H,21,22). The smallest absolute Gasteiger partial charge is 0.328 e. The Bertz CT molecular complexity index is 435. The summed E-state index contributed by atoms with van der Waals surface area (Å²) in [5, 5.41) is 8.38. The maximum atomic E-state index is 10.2. The second-order valence-corrected chi connectivity index (χ2v) is 4.87. The molecule has 2 nitrogen and oxygen atoms in total. The summed E-state index contributed by atoms with van der Waals surface area (Å²) >= 11 is 0. The molecule has 0 aliphatic heterocycles. The zero-order valence-corrected chi connectivity index (χ0v) is 13.5. The minimum atomic E-state index is -0.937. The van der Waals surface area contributed by atoms with Gasteiger partial charge in [-0.05, 0) is 12.8 Å². The molecule has 0 fully saturated rings. The van der Waals surface area contributed by atoms with Gasteiger partial charge in [-0.3, -0.25) is 0 Å². The van der Waals surface area contributed by atoms with Crippen molar-refractivity contribution in [1.82, 2.24) is 0 Å². The van der Waals surface area contributed by atoms with E-state index in [1.54, 1.807) is 12.2 Å². The van der Waals surface area contributed by atoms with E-state index in [2.05, 4.69) is 19.1 Å². The van der Waals surface area contributed by atoms with Gasteiger partial charge in [0.15, 0.2) is 0 Å². The predicted octanol–water partition coefficient (Wildman–Crippen LogP) is 5.77. The number of allylic oxidation sites excluding steroid dienone is 11. The van der Waals surface area contributed by atoms with Gasteiger partial charge >= 0.3 is 5.97 Å². The molecule has 0 amide bonds. The van der Waals surface area contributed by atoms with Gasteiger partial charge < -0.3 is 5.11 Å². The Morgan fingerprint density at radius 2 is 1.23 bits per heavy atom. The van der Waals surface area contributed by atoms with Crippen molar-refractivity contribution in [3.05, 3.63) is 72.9 Å². The Morgan fingerprint density at radius 1 is 0.727 bits per heavy atom. The molecule has 2 heteroatoms. The van der Waals surface area contributed by atoms with Crippen molar-refractivity contribution in [2.24, 2.45) is 0 Å². The fraction of sp³-hybridized carbons (Fsp3) is 0.350. The van der Waals surface area contributed by atoms with Crippen molar-refractivity contribution in [3.63, 3.8) is 0 Å². The maximum absolute atomic E-state index is 10.2. The Balaban J connectivity index is 3.64. The zero-order chi connectivity index (χ0) is 16.3. The van der Waals surface area contributed by atoms with Crippen LogP contribution in [0, 0.1) is 0 Å². The Morgan fingerprint density at radius 3 is 1.77 bits per heavy atom. The molecule has 0 aromatic heterocycles. The van der Waals surface area contributed by atoms with E-state index < -0.39 is 5.97 Å². The highest BCUT2D eigenvalue weighted by Gasteiger charge is 1.85. The van der Waals surface area contributed by atoms with Gasteiger partial charge in [0.1, 0.15) is 0 Å². The van der Waals surface area contributed by atoms with Gasteiger partial charge in [-0.2, -0.15) is 0 Å². The highest BCUT2D eigenvalue weighted by Crippen LogP contribution is 2.05. The van der Waals surface area contributed by atoms with Gasteiger partial charge in [0.05, 0.1) is 0 Å². The summed E-state index contributed by atoms with van der Waals surface area (Å²) < 4.78 is 0. The molecule has 0 spiro atoms. The largest absolute Gasteiger partial charge is 0.478 e. The number of hydrogen-bond donors (Lipinski definition) is 1. The molecule has 0 aliphatic carbocycles. The number of hydrogen-bond acceptors (Lipinski definition) is 1. The van der Waals surface area contributed by atoms with Crippen molar-refractivity contribution < 1.29 is 9.90 Å². The lowest BCUT2D eigenvalue weighted by Crippen LogP contribution is -1.84. The van der Waals surface area contributed by atoms with E-state index in [9.17, 15) is 4.79 Å². The van der Waals surface area contributed by atoms with Crippen LogP contribution in [0.2, 0.25) is 0 Å². The molecule has 0 rings (SSSR count). The fourth-order valence-corrected chi connectivity index (χ4v) is 1.69. The lowest BCUT2D eigenvalue weighted by molar-refractivity contribution is -0.131. The second kappa shape index (κ2) is 17.0. The van der Waals surface area contributed by atoms with Crippen molar-refractivity contribution in [3.8, 4) is 0 Å². The van der Waals surface area contributed by atoms with Gasteiger partial charge in [0.2, 0.25) is 0 Å². The van der Waals surface area contributed by atoms with E-state index in [1.807, 2.05) is 36.5 Å². The molecule has 0 aliphatic rings. The van der Waals surface area contributed by atoms with Crippen LogP contribution in [0.5, 0.6) is 0 Å². The second-order valence-electron chi connectivity index (χ2n) is 4.87. The average Bonchev–Trinajstić information content (AvgIpc) is 2.50. The molecular weight excluding hydrogens is 272 g/mol. The number of aliphatic carboxylic acids is 1. The van der Waals surface area contributed by atoms with Gasteiger partial charge in [-0.25, -0.2) is 4.79 Å². The molecule has 1 N–H and O–H groups in total. The van der Waals surface area contributed by atoms with E-state index in [0.29, 0.717) is 0 Å². The van der Waals surface area contributed by atoms with E-state index in [0.717, 1.165) is 12.5 Å². The van der Waals surface area contributed by atoms with Crippen LogP contribution in [-0.4, -0.2) is 11.1 Å². The molecule has 0 heterocycles. The van der Waals surface area contributed by atoms with Crippen molar-refractivity contribution in [2.45, 2.75) is 45.4 Å². The van der Waals surface area contributed by atoms with Crippen LogP contribution in [0.4, 0.5) is 0 Å². The summed E-state index contributed by atoms with van der Waals surface area (Å²) in [6, 6.07) is 0. The highest BCUT2D eigenvalue weighted by atomic mass is 16.4. The minimum Gasteiger partial charge on any atom is -0.478 e. The third-order valence-electron chi connectivity index (χ3n) is 2.85. The maximum Gasteiger partial charge on any atom is 0.328 e. The monoisotopic (exact) mass is 300 g/mol. The fourth-order valence-electron chi connectivity index (χ4n) is 1.69. The van der Waals surface area contributed by atoms with Crippen LogP contribution in [0.3, 0.4) is 0 Å². The third-order valence-corrected chi connectivity index (χ3v) is 2.85. The summed E-state index contributed by atoms with van der Waals surface area (Å²) in [5.41, 5.74) is 0. The molecule has 0 bridgehead atoms. The number of carboxylic acids is 1. The van der Waals surface area contributed by atoms with E-state index in [1.165, 1.54) is 38.2 Å². The van der Waals surface area contributed by atoms with Crippen LogP contribution in [-0.2, 0) is 4.79 Å². The minimum absolute atomic E-state index is 0.937. The molecule has 120 valence electrons. The van der Waals surface area contributed by atoms with Crippen molar-refractivity contribution in [2.75, 3.05) is 0 Å². The lowest BCUT2D eigenvalue weighted by atomic mass is 10.1. The topological polar surface area (TPSA) is 37.3 Å². The normalized spacial score (nSPS) is 13.1. The van der Waals surface area contributed by atoms with E-state index >= 15 is 0 Å². The Labute approximate surface area is 134 Å². The summed E-state index contributed by atoms with van der Waals surface area (Å²) in [4.78, 5) is 10.2. The van der Waals surface area contributed by atoms with Crippen LogP contribution in [0.25, 0.3) is 0 Å². The number of carboxylic acid groups (broad SMARTS) is 1. The molecule has 0 aromatic rings. The Kier molecular flexibility index (Phi) is 15.4. The summed E-state index contributed by atoms with van der Waals surface area (Å²) in [7, 11) is 0. The van der Waals surface area contributed by atoms with Crippen LogP contribution < -0.4 is 0 Å². The molecular formula is C20H28O2.